The van der Waals surface area contributed by atoms with Crippen molar-refractivity contribution in [3.05, 3.63) is 65.7 Å². The summed E-state index contributed by atoms with van der Waals surface area (Å²) in [5.74, 6) is 0.543. The average Bonchev–Trinajstić information content (AvgIpc) is 3.09. The van der Waals surface area contributed by atoms with Gasteiger partial charge < -0.3 is 10.1 Å². The molecule has 3 aromatic rings. The van der Waals surface area contributed by atoms with Crippen LogP contribution in [0.3, 0.4) is 0 Å². The Balaban J connectivity index is 1.81. The van der Waals surface area contributed by atoms with Crippen LogP contribution in [-0.2, 0) is 0 Å². The Morgan fingerprint density at radius 3 is 2.82 bits per heavy atom. The van der Waals surface area contributed by atoms with Crippen LogP contribution >= 0.6 is 11.3 Å². The molecule has 0 unspecified atom stereocenters. The molecule has 0 atom stereocenters. The summed E-state index contributed by atoms with van der Waals surface area (Å²) in [7, 11) is 1.60. The van der Waals surface area contributed by atoms with Crippen molar-refractivity contribution < 1.29 is 9.53 Å². The van der Waals surface area contributed by atoms with E-state index in [2.05, 4.69) is 10.3 Å². The molecule has 0 bridgehead atoms. The number of benzene rings is 2. The van der Waals surface area contributed by atoms with Gasteiger partial charge in [-0.1, -0.05) is 18.2 Å². The molecule has 0 spiro atoms. The van der Waals surface area contributed by atoms with Crippen molar-refractivity contribution >= 4 is 22.9 Å². The van der Waals surface area contributed by atoms with E-state index in [1.807, 2.05) is 41.8 Å². The first-order chi connectivity index (χ1) is 10.8. The third-order valence-electron chi connectivity index (χ3n) is 3.13. The normalized spacial score (nSPS) is 10.2. The molecule has 5 heteroatoms. The van der Waals surface area contributed by atoms with Gasteiger partial charge in [-0.2, -0.15) is 0 Å². The van der Waals surface area contributed by atoms with Gasteiger partial charge in [0.05, 0.1) is 7.11 Å². The molecule has 0 fully saturated rings. The highest BCUT2D eigenvalue weighted by Crippen LogP contribution is 2.23. The second kappa shape index (κ2) is 6.41. The van der Waals surface area contributed by atoms with Gasteiger partial charge in [0, 0.05) is 34.5 Å². The topological polar surface area (TPSA) is 51.2 Å². The van der Waals surface area contributed by atoms with E-state index in [0.29, 0.717) is 17.0 Å². The number of hydrogen-bond donors (Lipinski definition) is 1. The molecule has 0 aliphatic rings. The quantitative estimate of drug-likeness (QED) is 0.790. The maximum atomic E-state index is 12.4. The lowest BCUT2D eigenvalue weighted by Crippen LogP contribution is -2.11. The molecule has 1 aromatic heterocycles. The number of ether oxygens (including phenoxy) is 1. The highest BCUT2D eigenvalue weighted by atomic mass is 32.1. The summed E-state index contributed by atoms with van der Waals surface area (Å²) in [4.78, 5) is 16.6. The van der Waals surface area contributed by atoms with Crippen LogP contribution in [0.15, 0.2) is 60.1 Å². The van der Waals surface area contributed by atoms with Crippen LogP contribution < -0.4 is 10.1 Å². The Bertz CT molecular complexity index is 785. The van der Waals surface area contributed by atoms with Gasteiger partial charge in [0.15, 0.2) is 0 Å². The minimum absolute atomic E-state index is 0.161. The zero-order valence-corrected chi connectivity index (χ0v) is 12.8. The number of methoxy groups -OCH3 is 1. The van der Waals surface area contributed by atoms with Gasteiger partial charge in [0.1, 0.15) is 10.8 Å². The van der Waals surface area contributed by atoms with Gasteiger partial charge in [-0.15, -0.1) is 11.3 Å². The van der Waals surface area contributed by atoms with Gasteiger partial charge in [0.2, 0.25) is 0 Å². The molecule has 1 heterocycles. The van der Waals surface area contributed by atoms with Crippen LogP contribution in [0.5, 0.6) is 5.75 Å². The highest BCUT2D eigenvalue weighted by Gasteiger charge is 2.09. The number of thiazole rings is 1. The van der Waals surface area contributed by atoms with Crippen LogP contribution in [0.1, 0.15) is 10.4 Å². The van der Waals surface area contributed by atoms with Crippen molar-refractivity contribution in [2.45, 2.75) is 0 Å². The summed E-state index contributed by atoms with van der Waals surface area (Å²) in [5, 5.41) is 5.68. The molecule has 0 saturated heterocycles. The summed E-state index contributed by atoms with van der Waals surface area (Å²) in [6, 6.07) is 14.7. The SMILES string of the molecule is COc1cccc(NC(=O)c2cccc(-c3nccs3)c2)c1. The van der Waals surface area contributed by atoms with Gasteiger partial charge >= 0.3 is 0 Å². The molecule has 0 aliphatic heterocycles. The number of aromatic nitrogens is 1. The smallest absolute Gasteiger partial charge is 0.255 e. The molecule has 1 amide bonds. The number of anilines is 1. The van der Waals surface area contributed by atoms with Crippen molar-refractivity contribution in [2.24, 2.45) is 0 Å². The maximum Gasteiger partial charge on any atom is 0.255 e. The van der Waals surface area contributed by atoms with Crippen molar-refractivity contribution in [3.63, 3.8) is 0 Å². The lowest BCUT2D eigenvalue weighted by Gasteiger charge is -2.07. The fourth-order valence-corrected chi connectivity index (χ4v) is 2.70. The lowest BCUT2D eigenvalue weighted by molar-refractivity contribution is 0.102. The minimum Gasteiger partial charge on any atom is -0.497 e. The first kappa shape index (κ1) is 14.3. The standard InChI is InChI=1S/C17H14N2O2S/c1-21-15-7-3-6-14(11-15)19-16(20)12-4-2-5-13(10-12)17-18-8-9-22-17/h2-11H,1H3,(H,19,20). The van der Waals surface area contributed by atoms with E-state index in [0.717, 1.165) is 10.6 Å². The van der Waals surface area contributed by atoms with Crippen molar-refractivity contribution in [1.82, 2.24) is 4.98 Å². The van der Waals surface area contributed by atoms with E-state index in [9.17, 15) is 4.79 Å². The fraction of sp³-hybridized carbons (Fsp3) is 0.0588. The second-order valence-electron chi connectivity index (χ2n) is 4.60. The second-order valence-corrected chi connectivity index (χ2v) is 5.50. The van der Waals surface area contributed by atoms with E-state index in [1.165, 1.54) is 0 Å². The lowest BCUT2D eigenvalue weighted by atomic mass is 10.1. The molecule has 0 radical (unpaired) electrons. The van der Waals surface area contributed by atoms with Crippen molar-refractivity contribution in [2.75, 3.05) is 12.4 Å². The van der Waals surface area contributed by atoms with Crippen LogP contribution in [0, 0.1) is 0 Å². The molecule has 1 N–H and O–H groups in total. The molecular weight excluding hydrogens is 296 g/mol. The zero-order valence-electron chi connectivity index (χ0n) is 11.9. The van der Waals surface area contributed by atoms with E-state index in [1.54, 1.807) is 36.8 Å². The number of rotatable bonds is 4. The summed E-state index contributed by atoms with van der Waals surface area (Å²) in [6.07, 6.45) is 1.75. The largest absolute Gasteiger partial charge is 0.497 e. The Kier molecular flexibility index (Phi) is 4.16. The minimum atomic E-state index is -0.161. The number of nitrogens with one attached hydrogen (secondary N) is 1. The van der Waals surface area contributed by atoms with E-state index < -0.39 is 0 Å². The number of amides is 1. The Morgan fingerprint density at radius 1 is 1.18 bits per heavy atom. The average molecular weight is 310 g/mol. The van der Waals surface area contributed by atoms with Crippen molar-refractivity contribution in [1.29, 1.82) is 0 Å². The summed E-state index contributed by atoms with van der Waals surface area (Å²) in [6.45, 7) is 0. The Morgan fingerprint density at radius 2 is 2.05 bits per heavy atom. The molecule has 110 valence electrons. The van der Waals surface area contributed by atoms with Gasteiger partial charge in [0.25, 0.3) is 5.91 Å². The first-order valence-electron chi connectivity index (χ1n) is 6.71. The van der Waals surface area contributed by atoms with Gasteiger partial charge in [-0.25, -0.2) is 4.98 Å². The van der Waals surface area contributed by atoms with E-state index in [-0.39, 0.29) is 5.91 Å². The third kappa shape index (κ3) is 3.15. The number of carbonyl (C=O) groups excluding carboxylic acids is 1. The van der Waals surface area contributed by atoms with E-state index in [4.69, 9.17) is 4.74 Å². The number of nitrogens with zero attached hydrogens (tertiary/aromatic N) is 1. The van der Waals surface area contributed by atoms with Gasteiger partial charge in [-0.3, -0.25) is 4.79 Å². The Labute approximate surface area is 132 Å². The third-order valence-corrected chi connectivity index (χ3v) is 3.95. The van der Waals surface area contributed by atoms with Crippen LogP contribution in [0.2, 0.25) is 0 Å². The van der Waals surface area contributed by atoms with Crippen LogP contribution in [0.4, 0.5) is 5.69 Å². The Hall–Kier alpha value is -2.66. The molecule has 2 aromatic carbocycles. The number of carbonyl (C=O) groups is 1. The molecule has 22 heavy (non-hydrogen) atoms. The molecule has 0 saturated carbocycles. The van der Waals surface area contributed by atoms with Gasteiger partial charge in [-0.05, 0) is 24.3 Å². The maximum absolute atomic E-state index is 12.4. The van der Waals surface area contributed by atoms with Crippen LogP contribution in [0.25, 0.3) is 10.6 Å². The summed E-state index contributed by atoms with van der Waals surface area (Å²) >= 11 is 1.55. The molecule has 0 aliphatic carbocycles. The van der Waals surface area contributed by atoms with Crippen molar-refractivity contribution in [3.8, 4) is 16.3 Å². The predicted molar refractivity (Wildman–Crippen MR) is 88.5 cm³/mol. The monoisotopic (exact) mass is 310 g/mol. The first-order valence-corrected chi connectivity index (χ1v) is 7.59. The number of hydrogen-bond acceptors (Lipinski definition) is 4. The van der Waals surface area contributed by atoms with E-state index >= 15 is 0 Å². The zero-order chi connectivity index (χ0) is 15.4. The predicted octanol–water partition coefficient (Wildman–Crippen LogP) is 4.07. The highest BCUT2D eigenvalue weighted by molar-refractivity contribution is 7.13. The molecule has 3 rings (SSSR count). The van der Waals surface area contributed by atoms with Crippen LogP contribution in [-0.4, -0.2) is 18.0 Å². The molecular formula is C17H14N2O2S. The summed E-state index contributed by atoms with van der Waals surface area (Å²) in [5.41, 5.74) is 2.23. The summed E-state index contributed by atoms with van der Waals surface area (Å²) < 4.78 is 5.15. The molecule has 4 nitrogen and oxygen atoms in total. The fourth-order valence-electron chi connectivity index (χ4n) is 2.06.